The molecule has 1 aromatic rings. The van der Waals surface area contributed by atoms with Crippen molar-refractivity contribution in [2.45, 2.75) is 25.8 Å². The van der Waals surface area contributed by atoms with Crippen LogP contribution in [0.4, 0.5) is 10.1 Å². The minimum atomic E-state index is 0. The van der Waals surface area contributed by atoms with Crippen LogP contribution in [-0.2, 0) is 6.42 Å². The van der Waals surface area contributed by atoms with E-state index in [0.717, 1.165) is 18.6 Å². The molecule has 1 heterocycles. The summed E-state index contributed by atoms with van der Waals surface area (Å²) in [5.74, 6) is 0.762. The first-order valence-electron chi connectivity index (χ1n) is 6.23. The lowest BCUT2D eigenvalue weighted by atomic mass is 9.99. The van der Waals surface area contributed by atoms with Gasteiger partial charge in [0.1, 0.15) is 12.4 Å². The number of rotatable bonds is 4. The lowest BCUT2D eigenvalue weighted by molar-refractivity contribution is 0.347. The Hall–Kier alpha value is -1.26. The van der Waals surface area contributed by atoms with Crippen LogP contribution in [0.1, 0.15) is 18.9 Å². The Balaban J connectivity index is 0.00000180. The Morgan fingerprint density at radius 3 is 3.05 bits per heavy atom. The number of hydrogen-bond donors (Lipinski definition) is 2. The second kappa shape index (κ2) is 7.36. The Morgan fingerprint density at radius 1 is 1.58 bits per heavy atom. The highest BCUT2D eigenvalue weighted by Crippen LogP contribution is 2.28. The van der Waals surface area contributed by atoms with E-state index in [-0.39, 0.29) is 25.6 Å². The van der Waals surface area contributed by atoms with Crippen molar-refractivity contribution < 1.29 is 9.13 Å². The Labute approximate surface area is 119 Å². The minimum absolute atomic E-state index is 0. The molecule has 0 amide bonds. The molecule has 106 valence electrons. The van der Waals surface area contributed by atoms with Gasteiger partial charge in [-0.05, 0) is 43.5 Å². The predicted molar refractivity (Wildman–Crippen MR) is 78.8 cm³/mol. The van der Waals surface area contributed by atoms with E-state index in [1.54, 1.807) is 0 Å². The Bertz CT molecular complexity index is 451. The van der Waals surface area contributed by atoms with Crippen LogP contribution in [0.5, 0.6) is 5.75 Å². The van der Waals surface area contributed by atoms with E-state index in [4.69, 9.17) is 10.5 Å². The Kier molecular flexibility index (Phi) is 6.12. The largest absolute Gasteiger partial charge is 0.489 e. The zero-order chi connectivity index (χ0) is 13.0. The van der Waals surface area contributed by atoms with Gasteiger partial charge in [-0.1, -0.05) is 0 Å². The van der Waals surface area contributed by atoms with Crippen LogP contribution in [0.2, 0.25) is 0 Å². The van der Waals surface area contributed by atoms with E-state index < -0.39 is 0 Å². The van der Waals surface area contributed by atoms with Gasteiger partial charge in [0.15, 0.2) is 0 Å². The molecule has 0 fully saturated rings. The van der Waals surface area contributed by atoms with Crippen molar-refractivity contribution in [3.63, 3.8) is 0 Å². The summed E-state index contributed by atoms with van der Waals surface area (Å²) in [6.45, 7) is 2.56. The van der Waals surface area contributed by atoms with Gasteiger partial charge in [0.2, 0.25) is 0 Å². The van der Waals surface area contributed by atoms with Crippen LogP contribution >= 0.6 is 12.4 Å². The maximum absolute atomic E-state index is 12.3. The van der Waals surface area contributed by atoms with Gasteiger partial charge in [0.05, 0.1) is 6.33 Å². The van der Waals surface area contributed by atoms with Gasteiger partial charge in [-0.25, -0.2) is 4.39 Å². The molecule has 1 atom stereocenters. The monoisotopic (exact) mass is 286 g/mol. The van der Waals surface area contributed by atoms with Crippen molar-refractivity contribution in [3.05, 3.63) is 35.7 Å². The smallest absolute Gasteiger partial charge is 0.120 e. The molecule has 0 radical (unpaired) electrons. The van der Waals surface area contributed by atoms with E-state index in [1.807, 2.05) is 18.2 Å². The van der Waals surface area contributed by atoms with Crippen molar-refractivity contribution in [2.24, 2.45) is 5.73 Å². The molecule has 19 heavy (non-hydrogen) atoms. The molecule has 1 aromatic carbocycles. The average molecular weight is 287 g/mol. The normalized spacial score (nSPS) is 18.1. The summed E-state index contributed by atoms with van der Waals surface area (Å²) >= 11 is 0. The summed E-state index contributed by atoms with van der Waals surface area (Å²) in [5.41, 5.74) is 8.25. The molecule has 0 bridgehead atoms. The zero-order valence-electron chi connectivity index (χ0n) is 11.0. The summed E-state index contributed by atoms with van der Waals surface area (Å²) in [6, 6.07) is 6.45. The summed E-state index contributed by atoms with van der Waals surface area (Å²) in [5, 5.41) is 3.43. The fourth-order valence-electron chi connectivity index (χ4n) is 2.03. The number of nitrogens with two attached hydrogens (primary N) is 1. The number of halogens is 2. The number of benzene rings is 1. The first-order valence-corrected chi connectivity index (χ1v) is 6.23. The van der Waals surface area contributed by atoms with Crippen molar-refractivity contribution in [1.82, 2.24) is 0 Å². The molecule has 0 aromatic heterocycles. The molecular weight excluding hydrogens is 267 g/mol. The van der Waals surface area contributed by atoms with E-state index in [2.05, 4.69) is 12.2 Å². The fraction of sp³-hybridized carbons (Fsp3) is 0.429. The van der Waals surface area contributed by atoms with Crippen LogP contribution < -0.4 is 15.8 Å². The van der Waals surface area contributed by atoms with Crippen molar-refractivity contribution in [2.75, 3.05) is 18.5 Å². The summed E-state index contributed by atoms with van der Waals surface area (Å²) in [7, 11) is 0. The average Bonchev–Trinajstić information content (AvgIpc) is 2.40. The third-order valence-corrected chi connectivity index (χ3v) is 3.17. The molecule has 1 aliphatic rings. The number of aryl methyl sites for hydroxylation is 1. The zero-order valence-corrected chi connectivity index (χ0v) is 11.8. The highest BCUT2D eigenvalue weighted by molar-refractivity contribution is 5.85. The minimum Gasteiger partial charge on any atom is -0.489 e. The highest BCUT2D eigenvalue weighted by atomic mass is 35.5. The van der Waals surface area contributed by atoms with Gasteiger partial charge < -0.3 is 15.8 Å². The van der Waals surface area contributed by atoms with Gasteiger partial charge >= 0.3 is 0 Å². The molecule has 0 saturated heterocycles. The van der Waals surface area contributed by atoms with Crippen LogP contribution in [0, 0.1) is 0 Å². The number of hydrogen-bond acceptors (Lipinski definition) is 3. The summed E-state index contributed by atoms with van der Waals surface area (Å²) in [6.07, 6.45) is 2.68. The standard InChI is InChI=1S/C14H19FN2O.ClH/c1-10-2-3-12-6-13(4-5-14(12)17-10)18-9-11(7-15)8-16;/h4-7,10,17H,2-3,8-9,16H2,1H3;1H/b11-7+;. The molecule has 0 spiro atoms. The first kappa shape index (κ1) is 15.8. The lowest BCUT2D eigenvalue weighted by Gasteiger charge is -2.24. The van der Waals surface area contributed by atoms with Gasteiger partial charge in [0.25, 0.3) is 0 Å². The first-order chi connectivity index (χ1) is 8.72. The topological polar surface area (TPSA) is 47.3 Å². The summed E-state index contributed by atoms with van der Waals surface area (Å²) < 4.78 is 17.9. The molecule has 1 aliphatic heterocycles. The SMILES string of the molecule is CC1CCc2cc(OC/C(=C/F)CN)ccc2N1.Cl. The van der Waals surface area contributed by atoms with Crippen molar-refractivity contribution in [1.29, 1.82) is 0 Å². The molecule has 2 rings (SSSR count). The molecule has 3 N–H and O–H groups in total. The molecule has 3 nitrogen and oxygen atoms in total. The Morgan fingerprint density at radius 2 is 2.37 bits per heavy atom. The van der Waals surface area contributed by atoms with E-state index in [0.29, 0.717) is 17.9 Å². The number of ether oxygens (including phenoxy) is 1. The van der Waals surface area contributed by atoms with E-state index in [1.165, 1.54) is 11.3 Å². The second-order valence-corrected chi connectivity index (χ2v) is 4.66. The number of anilines is 1. The van der Waals surface area contributed by atoms with Gasteiger partial charge in [-0.15, -0.1) is 12.4 Å². The molecule has 1 unspecified atom stereocenters. The maximum Gasteiger partial charge on any atom is 0.120 e. The molecular formula is C14H20ClFN2O. The van der Waals surface area contributed by atoms with Gasteiger partial charge in [-0.2, -0.15) is 0 Å². The van der Waals surface area contributed by atoms with Crippen LogP contribution in [-0.4, -0.2) is 19.2 Å². The third-order valence-electron chi connectivity index (χ3n) is 3.17. The van der Waals surface area contributed by atoms with E-state index >= 15 is 0 Å². The lowest BCUT2D eigenvalue weighted by Crippen LogP contribution is -2.21. The number of nitrogens with one attached hydrogen (secondary N) is 1. The third kappa shape index (κ3) is 4.11. The van der Waals surface area contributed by atoms with Crippen molar-refractivity contribution >= 4 is 18.1 Å². The van der Waals surface area contributed by atoms with Crippen molar-refractivity contribution in [3.8, 4) is 5.75 Å². The summed E-state index contributed by atoms with van der Waals surface area (Å²) in [4.78, 5) is 0. The number of fused-ring (bicyclic) bond motifs is 1. The predicted octanol–water partition coefficient (Wildman–Crippen LogP) is 3.05. The molecule has 0 aliphatic carbocycles. The quantitative estimate of drug-likeness (QED) is 0.894. The maximum atomic E-state index is 12.3. The molecule has 0 saturated carbocycles. The highest BCUT2D eigenvalue weighted by Gasteiger charge is 2.14. The van der Waals surface area contributed by atoms with Crippen LogP contribution in [0.15, 0.2) is 30.1 Å². The van der Waals surface area contributed by atoms with Crippen LogP contribution in [0.3, 0.4) is 0 Å². The van der Waals surface area contributed by atoms with Gasteiger partial charge in [-0.3, -0.25) is 0 Å². The van der Waals surface area contributed by atoms with Gasteiger partial charge in [0, 0.05) is 23.8 Å². The van der Waals surface area contributed by atoms with Crippen LogP contribution in [0.25, 0.3) is 0 Å². The molecule has 5 heteroatoms. The fourth-order valence-corrected chi connectivity index (χ4v) is 2.03. The van der Waals surface area contributed by atoms with E-state index in [9.17, 15) is 4.39 Å². The second-order valence-electron chi connectivity index (χ2n) is 4.66.